The van der Waals surface area contributed by atoms with Crippen LogP contribution in [0.5, 0.6) is 0 Å². The first-order chi connectivity index (χ1) is 26.0. The third kappa shape index (κ3) is 4.50. The van der Waals surface area contributed by atoms with Crippen molar-refractivity contribution in [2.45, 2.75) is 50.4 Å². The number of nitrogens with zero attached hydrogens (tertiary/aromatic N) is 1. The summed E-state index contributed by atoms with van der Waals surface area (Å²) in [6.45, 7) is 4.81. The van der Waals surface area contributed by atoms with Gasteiger partial charge in [0.2, 0.25) is 0 Å². The summed E-state index contributed by atoms with van der Waals surface area (Å²) in [5, 5.41) is 0. The number of fused-ring (bicyclic) bond motifs is 11. The zero-order chi connectivity index (χ0) is 35.3. The summed E-state index contributed by atoms with van der Waals surface area (Å²) in [4.78, 5) is 2.52. The Bertz CT molecular complexity index is 2540. The van der Waals surface area contributed by atoms with Crippen LogP contribution in [0.1, 0.15) is 61.8 Å². The monoisotopic (exact) mass is 681 g/mol. The van der Waals surface area contributed by atoms with Gasteiger partial charge in [-0.3, -0.25) is 0 Å². The topological polar surface area (TPSA) is 3.24 Å². The second-order valence-corrected chi connectivity index (χ2v) is 16.6. The van der Waals surface area contributed by atoms with Gasteiger partial charge in [0.25, 0.3) is 0 Å². The number of rotatable bonds is 5. The van der Waals surface area contributed by atoms with E-state index in [0.717, 1.165) is 11.8 Å². The van der Waals surface area contributed by atoms with E-state index in [9.17, 15) is 0 Å². The van der Waals surface area contributed by atoms with Crippen molar-refractivity contribution in [2.75, 3.05) is 4.90 Å². The van der Waals surface area contributed by atoms with E-state index in [4.69, 9.17) is 0 Å². The molecule has 2 bridgehead atoms. The van der Waals surface area contributed by atoms with Crippen molar-refractivity contribution >= 4 is 17.1 Å². The fourth-order valence-corrected chi connectivity index (χ4v) is 11.1. The van der Waals surface area contributed by atoms with Crippen molar-refractivity contribution in [1.82, 2.24) is 0 Å². The smallest absolute Gasteiger partial charge is 0.0465 e. The molecule has 53 heavy (non-hydrogen) atoms. The van der Waals surface area contributed by atoms with Crippen LogP contribution in [0.2, 0.25) is 0 Å². The highest BCUT2D eigenvalue weighted by molar-refractivity contribution is 5.89. The SMILES string of the molecule is CC1(C)c2cc(-c3ccccc3)ccc2-c2ccc(N(c3ccc(-c4ccccc4)cc3)c3ccc4c(c3)C3(CC5CCC3C5)c3ccccc3-4)cc21. The maximum Gasteiger partial charge on any atom is 0.0465 e. The Morgan fingerprint density at radius 1 is 0.434 bits per heavy atom. The summed E-state index contributed by atoms with van der Waals surface area (Å²) < 4.78 is 0. The number of hydrogen-bond acceptors (Lipinski definition) is 1. The molecule has 2 saturated carbocycles. The van der Waals surface area contributed by atoms with Crippen LogP contribution in [0.25, 0.3) is 44.5 Å². The molecule has 0 heterocycles. The van der Waals surface area contributed by atoms with Crippen molar-refractivity contribution in [1.29, 1.82) is 0 Å². The second kappa shape index (κ2) is 11.4. The lowest BCUT2D eigenvalue weighted by atomic mass is 9.67. The minimum absolute atomic E-state index is 0.131. The van der Waals surface area contributed by atoms with E-state index >= 15 is 0 Å². The zero-order valence-electron chi connectivity index (χ0n) is 30.5. The maximum atomic E-state index is 2.58. The van der Waals surface area contributed by atoms with Crippen molar-refractivity contribution in [3.63, 3.8) is 0 Å². The molecule has 1 nitrogen and oxygen atoms in total. The number of hydrogen-bond donors (Lipinski definition) is 0. The predicted molar refractivity (Wildman–Crippen MR) is 221 cm³/mol. The quantitative estimate of drug-likeness (QED) is 0.175. The van der Waals surface area contributed by atoms with Crippen molar-refractivity contribution in [3.05, 3.63) is 186 Å². The molecule has 0 N–H and O–H groups in total. The molecule has 7 aromatic carbocycles. The fourth-order valence-electron chi connectivity index (χ4n) is 11.1. The van der Waals surface area contributed by atoms with E-state index in [0.29, 0.717) is 0 Å². The van der Waals surface area contributed by atoms with Gasteiger partial charge in [-0.1, -0.05) is 142 Å². The second-order valence-electron chi connectivity index (χ2n) is 16.6. The van der Waals surface area contributed by atoms with Crippen molar-refractivity contribution < 1.29 is 0 Å². The van der Waals surface area contributed by atoms with Gasteiger partial charge >= 0.3 is 0 Å². The summed E-state index contributed by atoms with van der Waals surface area (Å²) in [6, 6.07) is 61.7. The summed E-state index contributed by atoms with van der Waals surface area (Å²) in [5.41, 5.74) is 20.1. The molecule has 1 heteroatoms. The Hall–Kier alpha value is -5.66. The van der Waals surface area contributed by atoms with Crippen LogP contribution in [0.15, 0.2) is 164 Å². The van der Waals surface area contributed by atoms with Gasteiger partial charge in [-0.25, -0.2) is 0 Å². The molecule has 0 aliphatic heterocycles. The first-order valence-corrected chi connectivity index (χ1v) is 19.5. The van der Waals surface area contributed by atoms with Crippen molar-refractivity contribution in [3.8, 4) is 44.5 Å². The highest BCUT2D eigenvalue weighted by Crippen LogP contribution is 2.66. The Labute approximate surface area is 313 Å². The van der Waals surface area contributed by atoms with Gasteiger partial charge in [0, 0.05) is 27.9 Å². The minimum Gasteiger partial charge on any atom is -0.310 e. The predicted octanol–water partition coefficient (Wildman–Crippen LogP) is 13.9. The van der Waals surface area contributed by atoms with Gasteiger partial charge in [-0.15, -0.1) is 0 Å². The van der Waals surface area contributed by atoms with Crippen LogP contribution in [-0.2, 0) is 10.8 Å². The number of benzene rings is 7. The van der Waals surface area contributed by atoms with Crippen LogP contribution < -0.4 is 4.90 Å². The van der Waals surface area contributed by atoms with E-state index in [1.807, 2.05) is 0 Å². The first kappa shape index (κ1) is 30.9. The standard InChI is InChI=1S/C52H43N/c1-51(2)48-30-38(36-13-7-4-8-14-36)20-26-44(48)45-27-24-41(31-49(45)51)53(40-22-18-37(19-23-40)35-11-5-3-6-12-35)42-25-28-46-43-15-9-10-16-47(43)52(50(46)32-42)33-34-17-21-39(52)29-34/h3-16,18-20,22-28,30-32,34,39H,17,21,29,33H2,1-2H3. The van der Waals surface area contributed by atoms with E-state index in [2.05, 4.69) is 183 Å². The van der Waals surface area contributed by atoms with Crippen LogP contribution in [0.3, 0.4) is 0 Å². The lowest BCUT2D eigenvalue weighted by Crippen LogP contribution is -2.32. The van der Waals surface area contributed by atoms with Crippen LogP contribution in [0, 0.1) is 11.8 Å². The van der Waals surface area contributed by atoms with E-state index in [-0.39, 0.29) is 10.8 Å². The largest absolute Gasteiger partial charge is 0.310 e. The molecule has 256 valence electrons. The molecule has 0 radical (unpaired) electrons. The lowest BCUT2D eigenvalue weighted by molar-refractivity contribution is 0.327. The highest BCUT2D eigenvalue weighted by Gasteiger charge is 2.56. The van der Waals surface area contributed by atoms with Crippen LogP contribution in [-0.4, -0.2) is 0 Å². The molecule has 4 aliphatic rings. The highest BCUT2D eigenvalue weighted by atomic mass is 15.1. The van der Waals surface area contributed by atoms with Gasteiger partial charge in [-0.05, 0) is 140 Å². The third-order valence-corrected chi connectivity index (χ3v) is 13.5. The van der Waals surface area contributed by atoms with Gasteiger partial charge in [0.15, 0.2) is 0 Å². The maximum absolute atomic E-state index is 2.58. The first-order valence-electron chi connectivity index (χ1n) is 19.5. The molecule has 0 aromatic heterocycles. The molecule has 11 rings (SSSR count). The lowest BCUT2D eigenvalue weighted by Gasteiger charge is -2.37. The molecular weight excluding hydrogens is 639 g/mol. The van der Waals surface area contributed by atoms with Gasteiger partial charge in [0.05, 0.1) is 0 Å². The number of anilines is 3. The molecule has 1 spiro atoms. The Morgan fingerprint density at radius 2 is 0.943 bits per heavy atom. The summed E-state index contributed by atoms with van der Waals surface area (Å²) in [7, 11) is 0. The molecule has 3 unspecified atom stereocenters. The summed E-state index contributed by atoms with van der Waals surface area (Å²) in [6.07, 6.45) is 5.39. The van der Waals surface area contributed by atoms with E-state index < -0.39 is 0 Å². The average Bonchev–Trinajstić information content (AvgIpc) is 3.96. The molecule has 0 amide bonds. The molecule has 0 saturated heterocycles. The van der Waals surface area contributed by atoms with Crippen molar-refractivity contribution in [2.24, 2.45) is 11.8 Å². The molecule has 4 aliphatic carbocycles. The van der Waals surface area contributed by atoms with E-state index in [1.165, 1.54) is 98.4 Å². The normalized spacial score (nSPS) is 20.9. The van der Waals surface area contributed by atoms with E-state index in [1.54, 1.807) is 11.1 Å². The zero-order valence-corrected chi connectivity index (χ0v) is 30.5. The summed E-state index contributed by atoms with van der Waals surface area (Å²) in [5.74, 6) is 1.57. The molecule has 7 aromatic rings. The minimum atomic E-state index is -0.138. The van der Waals surface area contributed by atoms with Gasteiger partial charge in [0.1, 0.15) is 0 Å². The van der Waals surface area contributed by atoms with Gasteiger partial charge < -0.3 is 4.90 Å². The van der Waals surface area contributed by atoms with Gasteiger partial charge in [-0.2, -0.15) is 0 Å². The summed E-state index contributed by atoms with van der Waals surface area (Å²) >= 11 is 0. The van der Waals surface area contributed by atoms with Crippen LogP contribution in [0.4, 0.5) is 17.1 Å². The van der Waals surface area contributed by atoms with Crippen LogP contribution >= 0.6 is 0 Å². The Morgan fingerprint density at radius 3 is 1.60 bits per heavy atom. The Kier molecular flexibility index (Phi) is 6.66. The third-order valence-electron chi connectivity index (χ3n) is 13.5. The molecular formula is C52H43N. The Balaban J connectivity index is 1.06. The molecule has 2 fully saturated rings. The average molecular weight is 682 g/mol. The fraction of sp³-hybridized carbons (Fsp3) is 0.192. The molecule has 3 atom stereocenters.